The molecule has 1 saturated heterocycles. The van der Waals surface area contributed by atoms with E-state index in [0.717, 1.165) is 25.0 Å². The van der Waals surface area contributed by atoms with E-state index in [-0.39, 0.29) is 6.29 Å². The summed E-state index contributed by atoms with van der Waals surface area (Å²) in [6, 6.07) is 8.82. The van der Waals surface area contributed by atoms with Crippen molar-refractivity contribution in [1.29, 1.82) is 0 Å². The molecule has 0 spiro atoms. The van der Waals surface area contributed by atoms with Gasteiger partial charge in [-0.3, -0.25) is 0 Å². The molecule has 3 rings (SSSR count). The number of benzene rings is 1. The van der Waals surface area contributed by atoms with Crippen LogP contribution in [0, 0.1) is 11.8 Å². The van der Waals surface area contributed by atoms with E-state index in [4.69, 9.17) is 9.47 Å². The summed E-state index contributed by atoms with van der Waals surface area (Å²) in [6.45, 7) is 3.77. The topological polar surface area (TPSA) is 18.5 Å². The van der Waals surface area contributed by atoms with Crippen molar-refractivity contribution in [2.45, 2.75) is 64.6 Å². The third-order valence-corrected chi connectivity index (χ3v) is 5.37. The van der Waals surface area contributed by atoms with Crippen LogP contribution in [-0.2, 0) is 15.9 Å². The first kappa shape index (κ1) is 16.0. The quantitative estimate of drug-likeness (QED) is 0.712. The molecular formula is C20H30O2. The highest BCUT2D eigenvalue weighted by Gasteiger charge is 2.24. The minimum atomic E-state index is -0.137. The number of hydrogen-bond donors (Lipinski definition) is 0. The van der Waals surface area contributed by atoms with Gasteiger partial charge in [-0.05, 0) is 30.2 Å². The van der Waals surface area contributed by atoms with E-state index in [1.165, 1.54) is 62.5 Å². The number of hydrogen-bond acceptors (Lipinski definition) is 2. The van der Waals surface area contributed by atoms with Crippen LogP contribution in [0.4, 0.5) is 0 Å². The molecule has 2 atom stereocenters. The molecule has 122 valence electrons. The van der Waals surface area contributed by atoms with Crippen LogP contribution < -0.4 is 0 Å². The Labute approximate surface area is 135 Å². The van der Waals surface area contributed by atoms with E-state index >= 15 is 0 Å². The molecular weight excluding hydrogens is 272 g/mol. The third kappa shape index (κ3) is 4.11. The van der Waals surface area contributed by atoms with E-state index in [9.17, 15) is 0 Å². The van der Waals surface area contributed by atoms with Crippen LogP contribution in [0.25, 0.3) is 0 Å². The second-order valence-electron chi connectivity index (χ2n) is 6.95. The van der Waals surface area contributed by atoms with Crippen molar-refractivity contribution < 1.29 is 9.47 Å². The Hall–Kier alpha value is -0.860. The molecule has 2 heteroatoms. The maximum absolute atomic E-state index is 5.62. The predicted octanol–water partition coefficient (Wildman–Crippen LogP) is 5.27. The fourth-order valence-corrected chi connectivity index (χ4v) is 4.21. The van der Waals surface area contributed by atoms with Crippen LogP contribution in [0.1, 0.15) is 69.3 Å². The summed E-state index contributed by atoms with van der Waals surface area (Å²) in [4.78, 5) is 0. The molecule has 0 aromatic heterocycles. The Morgan fingerprint density at radius 2 is 1.73 bits per heavy atom. The zero-order chi connectivity index (χ0) is 15.2. The van der Waals surface area contributed by atoms with Gasteiger partial charge in [0.25, 0.3) is 0 Å². The molecule has 0 amide bonds. The Balaban J connectivity index is 1.57. The summed E-state index contributed by atoms with van der Waals surface area (Å²) in [5.74, 6) is 1.92. The SMILES string of the molecule is CCCC1CCCCC1CCc1cccc(C2OCCO2)c1. The van der Waals surface area contributed by atoms with Gasteiger partial charge >= 0.3 is 0 Å². The molecule has 2 fully saturated rings. The van der Waals surface area contributed by atoms with Gasteiger partial charge in [-0.2, -0.15) is 0 Å². The lowest BCUT2D eigenvalue weighted by molar-refractivity contribution is -0.0441. The summed E-state index contributed by atoms with van der Waals surface area (Å²) >= 11 is 0. The molecule has 1 aromatic rings. The van der Waals surface area contributed by atoms with Crippen LogP contribution in [0.5, 0.6) is 0 Å². The minimum Gasteiger partial charge on any atom is -0.346 e. The first-order chi connectivity index (χ1) is 10.9. The lowest BCUT2D eigenvalue weighted by Crippen LogP contribution is -2.20. The molecule has 1 saturated carbocycles. The van der Waals surface area contributed by atoms with Crippen molar-refractivity contribution in [2.75, 3.05) is 13.2 Å². The minimum absolute atomic E-state index is 0.137. The molecule has 22 heavy (non-hydrogen) atoms. The van der Waals surface area contributed by atoms with Crippen molar-refractivity contribution in [1.82, 2.24) is 0 Å². The standard InChI is InChI=1S/C20H30O2/c1-2-6-17-8-3-4-9-18(17)12-11-16-7-5-10-19(15-16)20-21-13-14-22-20/h5,7,10,15,17-18,20H,2-4,6,8-9,11-14H2,1H3. The smallest absolute Gasteiger partial charge is 0.184 e. The van der Waals surface area contributed by atoms with Gasteiger partial charge in [-0.25, -0.2) is 0 Å². The van der Waals surface area contributed by atoms with E-state index in [1.807, 2.05) is 0 Å². The van der Waals surface area contributed by atoms with Gasteiger partial charge in [0.1, 0.15) is 0 Å². The van der Waals surface area contributed by atoms with Crippen molar-refractivity contribution in [3.8, 4) is 0 Å². The van der Waals surface area contributed by atoms with Gasteiger partial charge in [0.15, 0.2) is 6.29 Å². The van der Waals surface area contributed by atoms with E-state index in [2.05, 4.69) is 31.2 Å². The van der Waals surface area contributed by atoms with E-state index in [1.54, 1.807) is 0 Å². The first-order valence-electron chi connectivity index (χ1n) is 9.19. The van der Waals surface area contributed by atoms with Gasteiger partial charge in [-0.15, -0.1) is 0 Å². The molecule has 1 aliphatic heterocycles. The molecule has 1 heterocycles. The maximum Gasteiger partial charge on any atom is 0.184 e. The zero-order valence-corrected chi connectivity index (χ0v) is 13.9. The van der Waals surface area contributed by atoms with Gasteiger partial charge in [0, 0.05) is 5.56 Å². The lowest BCUT2D eigenvalue weighted by Gasteiger charge is -2.31. The number of ether oxygens (including phenoxy) is 2. The predicted molar refractivity (Wildman–Crippen MR) is 89.8 cm³/mol. The van der Waals surface area contributed by atoms with Crippen LogP contribution in [0.2, 0.25) is 0 Å². The average Bonchev–Trinajstić information content (AvgIpc) is 3.09. The molecule has 0 bridgehead atoms. The van der Waals surface area contributed by atoms with Crippen molar-refractivity contribution in [2.24, 2.45) is 11.8 Å². The second-order valence-corrected chi connectivity index (χ2v) is 6.95. The van der Waals surface area contributed by atoms with Crippen molar-refractivity contribution in [3.05, 3.63) is 35.4 Å². The third-order valence-electron chi connectivity index (χ3n) is 5.37. The average molecular weight is 302 g/mol. The fraction of sp³-hybridized carbons (Fsp3) is 0.700. The number of aryl methyl sites for hydroxylation is 1. The molecule has 2 aliphatic rings. The zero-order valence-electron chi connectivity index (χ0n) is 13.9. The van der Waals surface area contributed by atoms with Crippen LogP contribution in [0.3, 0.4) is 0 Å². The van der Waals surface area contributed by atoms with E-state index in [0.29, 0.717) is 0 Å². The Kier molecular flexibility index (Phi) is 5.91. The molecule has 0 N–H and O–H groups in total. The van der Waals surface area contributed by atoms with Gasteiger partial charge in [0.2, 0.25) is 0 Å². The highest BCUT2D eigenvalue weighted by molar-refractivity contribution is 5.24. The van der Waals surface area contributed by atoms with Crippen LogP contribution in [0.15, 0.2) is 24.3 Å². The van der Waals surface area contributed by atoms with Gasteiger partial charge in [-0.1, -0.05) is 69.7 Å². The Morgan fingerprint density at radius 3 is 2.45 bits per heavy atom. The van der Waals surface area contributed by atoms with Crippen LogP contribution >= 0.6 is 0 Å². The highest BCUT2D eigenvalue weighted by atomic mass is 16.7. The van der Waals surface area contributed by atoms with Crippen molar-refractivity contribution >= 4 is 0 Å². The summed E-state index contributed by atoms with van der Waals surface area (Å²) < 4.78 is 11.2. The molecule has 1 aromatic carbocycles. The van der Waals surface area contributed by atoms with E-state index < -0.39 is 0 Å². The fourth-order valence-electron chi connectivity index (χ4n) is 4.21. The monoisotopic (exact) mass is 302 g/mol. The largest absolute Gasteiger partial charge is 0.346 e. The summed E-state index contributed by atoms with van der Waals surface area (Å²) in [7, 11) is 0. The molecule has 1 aliphatic carbocycles. The Bertz CT molecular complexity index is 449. The maximum atomic E-state index is 5.62. The number of rotatable bonds is 6. The normalized spacial score (nSPS) is 26.4. The van der Waals surface area contributed by atoms with Gasteiger partial charge in [0.05, 0.1) is 13.2 Å². The first-order valence-corrected chi connectivity index (χ1v) is 9.19. The lowest BCUT2D eigenvalue weighted by atomic mass is 9.74. The highest BCUT2D eigenvalue weighted by Crippen LogP contribution is 2.36. The molecule has 2 nitrogen and oxygen atoms in total. The second kappa shape index (κ2) is 8.12. The van der Waals surface area contributed by atoms with Gasteiger partial charge < -0.3 is 9.47 Å². The summed E-state index contributed by atoms with van der Waals surface area (Å²) in [6.07, 6.45) is 11.0. The summed E-state index contributed by atoms with van der Waals surface area (Å²) in [5, 5.41) is 0. The van der Waals surface area contributed by atoms with Crippen LogP contribution in [-0.4, -0.2) is 13.2 Å². The Morgan fingerprint density at radius 1 is 1.00 bits per heavy atom. The summed E-state index contributed by atoms with van der Waals surface area (Å²) in [5.41, 5.74) is 2.63. The van der Waals surface area contributed by atoms with Crippen molar-refractivity contribution in [3.63, 3.8) is 0 Å². The molecule has 0 radical (unpaired) electrons. The molecule has 2 unspecified atom stereocenters.